The van der Waals surface area contributed by atoms with E-state index in [0.717, 1.165) is 0 Å². The fourth-order valence-electron chi connectivity index (χ4n) is 2.30. The third kappa shape index (κ3) is 4.47. The van der Waals surface area contributed by atoms with E-state index in [1.54, 1.807) is 6.92 Å². The van der Waals surface area contributed by atoms with Gasteiger partial charge >= 0.3 is 12.1 Å². The molecule has 1 heterocycles. The Balaban J connectivity index is 2.31. The quantitative estimate of drug-likeness (QED) is 0.828. The maximum absolute atomic E-state index is 13.3. The average Bonchev–Trinajstić information content (AvgIpc) is 2.99. The van der Waals surface area contributed by atoms with Gasteiger partial charge in [0.05, 0.1) is 11.9 Å². The maximum Gasteiger partial charge on any atom is 0.434 e. The summed E-state index contributed by atoms with van der Waals surface area (Å²) in [5, 5.41) is 15.2. The van der Waals surface area contributed by atoms with Crippen LogP contribution in [0, 0.1) is 11.3 Å². The minimum atomic E-state index is -4.89. The number of amides is 1. The van der Waals surface area contributed by atoms with E-state index in [9.17, 15) is 22.8 Å². The number of carbonyl (C=O) groups excluding carboxylic acids is 1. The lowest BCUT2D eigenvalue weighted by Gasteiger charge is -2.26. The van der Waals surface area contributed by atoms with Crippen molar-refractivity contribution in [3.8, 4) is 5.69 Å². The van der Waals surface area contributed by atoms with Gasteiger partial charge in [0, 0.05) is 11.6 Å². The molecule has 0 aliphatic heterocycles. The summed E-state index contributed by atoms with van der Waals surface area (Å²) in [6, 6.07) is 5.52. The van der Waals surface area contributed by atoms with Crippen LogP contribution in [0.3, 0.4) is 0 Å². The molecule has 0 saturated carbocycles. The summed E-state index contributed by atoms with van der Waals surface area (Å²) in [5.41, 5.74) is -2.10. The number of halogens is 3. The average molecular weight is 383 g/mol. The number of carboxylic acid groups (broad SMARTS) is 1. The summed E-state index contributed by atoms with van der Waals surface area (Å²) in [6.45, 7) is 7.57. The number of benzene rings is 1. The summed E-state index contributed by atoms with van der Waals surface area (Å²) in [5.74, 6) is -2.20. The third-order valence-corrected chi connectivity index (χ3v) is 4.34. The molecule has 2 N–H and O–H groups in total. The number of nitrogens with one attached hydrogen (secondary N) is 1. The van der Waals surface area contributed by atoms with E-state index in [0.29, 0.717) is 16.6 Å². The van der Waals surface area contributed by atoms with Gasteiger partial charge in [-0.25, -0.2) is 9.48 Å². The van der Waals surface area contributed by atoms with Crippen molar-refractivity contribution in [3.05, 3.63) is 41.7 Å². The lowest BCUT2D eigenvalue weighted by molar-refractivity contribution is -0.143. The number of nitrogens with zero attached hydrogens (tertiary/aromatic N) is 2. The number of rotatable bonds is 4. The number of anilines is 1. The zero-order valence-corrected chi connectivity index (χ0v) is 15.3. The smallest absolute Gasteiger partial charge is 0.434 e. The van der Waals surface area contributed by atoms with Gasteiger partial charge in [0.15, 0.2) is 5.69 Å². The van der Waals surface area contributed by atoms with Crippen LogP contribution >= 0.6 is 0 Å². The molecule has 1 atom stereocenters. The lowest BCUT2D eigenvalue weighted by Crippen LogP contribution is -2.30. The number of carbonyl (C=O) groups is 2. The van der Waals surface area contributed by atoms with Crippen LogP contribution in [-0.4, -0.2) is 26.8 Å². The molecule has 1 amide bonds. The second-order valence-corrected chi connectivity index (χ2v) is 7.25. The van der Waals surface area contributed by atoms with Crippen molar-refractivity contribution in [2.75, 3.05) is 5.32 Å². The standard InChI is InChI=1S/C18H20F3N3O3/c1-10(17(2,3)4)15(25)23-11-5-7-12(8-6-11)24-14(18(19,20)21)13(9-22-24)16(26)27/h5-10H,1-4H3,(H,23,25)(H,26,27). The molecule has 0 aliphatic rings. The van der Waals surface area contributed by atoms with Crippen LogP contribution in [0.2, 0.25) is 0 Å². The highest BCUT2D eigenvalue weighted by Crippen LogP contribution is 2.34. The number of aromatic carboxylic acids is 1. The molecule has 0 fully saturated rings. The SMILES string of the molecule is CC(C(=O)Nc1ccc(-n2ncc(C(=O)O)c2C(F)(F)F)cc1)C(C)(C)C. The van der Waals surface area contributed by atoms with Gasteiger partial charge in [-0.05, 0) is 29.7 Å². The van der Waals surface area contributed by atoms with Crippen molar-refractivity contribution in [1.29, 1.82) is 0 Å². The van der Waals surface area contributed by atoms with E-state index in [1.165, 1.54) is 24.3 Å². The van der Waals surface area contributed by atoms with Gasteiger partial charge in [0.25, 0.3) is 0 Å². The summed E-state index contributed by atoms with van der Waals surface area (Å²) in [6.07, 6.45) is -4.23. The van der Waals surface area contributed by atoms with E-state index in [2.05, 4.69) is 10.4 Å². The number of hydrogen-bond donors (Lipinski definition) is 2. The highest BCUT2D eigenvalue weighted by atomic mass is 19.4. The maximum atomic E-state index is 13.3. The van der Waals surface area contributed by atoms with Crippen LogP contribution < -0.4 is 5.32 Å². The van der Waals surface area contributed by atoms with Crippen molar-refractivity contribution < 1.29 is 27.9 Å². The molecule has 146 valence electrons. The first-order valence-corrected chi connectivity index (χ1v) is 8.12. The molecule has 1 unspecified atom stereocenters. The molecule has 0 spiro atoms. The first-order valence-electron chi connectivity index (χ1n) is 8.12. The molecule has 6 nitrogen and oxygen atoms in total. The molecule has 27 heavy (non-hydrogen) atoms. The molecule has 0 radical (unpaired) electrons. The number of carboxylic acids is 1. The topological polar surface area (TPSA) is 84.2 Å². The number of hydrogen-bond acceptors (Lipinski definition) is 3. The van der Waals surface area contributed by atoms with E-state index in [-0.39, 0.29) is 22.9 Å². The monoisotopic (exact) mass is 383 g/mol. The fourth-order valence-corrected chi connectivity index (χ4v) is 2.30. The number of aromatic nitrogens is 2. The van der Waals surface area contributed by atoms with Gasteiger partial charge in [-0.3, -0.25) is 4.79 Å². The number of alkyl halides is 3. The van der Waals surface area contributed by atoms with Gasteiger partial charge in [0.2, 0.25) is 5.91 Å². The molecule has 2 aromatic rings. The van der Waals surface area contributed by atoms with Crippen LogP contribution in [0.25, 0.3) is 5.69 Å². The zero-order valence-electron chi connectivity index (χ0n) is 15.3. The van der Waals surface area contributed by atoms with Crippen LogP contribution in [0.1, 0.15) is 43.7 Å². The highest BCUT2D eigenvalue weighted by molar-refractivity contribution is 5.93. The van der Waals surface area contributed by atoms with E-state index in [1.807, 2.05) is 20.8 Å². The van der Waals surface area contributed by atoms with Crippen LogP contribution in [0.5, 0.6) is 0 Å². The Bertz CT molecular complexity index is 849. The summed E-state index contributed by atoms with van der Waals surface area (Å²) in [4.78, 5) is 23.3. The Morgan fingerprint density at radius 1 is 1.15 bits per heavy atom. The molecule has 0 saturated heterocycles. The Morgan fingerprint density at radius 2 is 1.70 bits per heavy atom. The molecular weight excluding hydrogens is 363 g/mol. The Morgan fingerprint density at radius 3 is 2.15 bits per heavy atom. The van der Waals surface area contributed by atoms with E-state index in [4.69, 9.17) is 5.11 Å². The van der Waals surface area contributed by atoms with Gasteiger partial charge in [-0.1, -0.05) is 27.7 Å². The molecule has 0 aliphatic carbocycles. The molecule has 0 bridgehead atoms. The van der Waals surface area contributed by atoms with Crippen LogP contribution in [-0.2, 0) is 11.0 Å². The summed E-state index contributed by atoms with van der Waals surface area (Å²) in [7, 11) is 0. The molecule has 2 rings (SSSR count). The molecule has 1 aromatic carbocycles. The van der Waals surface area contributed by atoms with Crippen molar-refractivity contribution in [1.82, 2.24) is 9.78 Å². The van der Waals surface area contributed by atoms with Crippen molar-refractivity contribution in [2.24, 2.45) is 11.3 Å². The molecular formula is C18H20F3N3O3. The minimum absolute atomic E-state index is 0.0247. The van der Waals surface area contributed by atoms with Gasteiger partial charge in [-0.15, -0.1) is 0 Å². The van der Waals surface area contributed by atoms with Crippen LogP contribution in [0.15, 0.2) is 30.5 Å². The minimum Gasteiger partial charge on any atom is -0.478 e. The largest absolute Gasteiger partial charge is 0.478 e. The van der Waals surface area contributed by atoms with Gasteiger partial charge in [0.1, 0.15) is 5.56 Å². The Hall–Kier alpha value is -2.84. The van der Waals surface area contributed by atoms with Crippen LogP contribution in [0.4, 0.5) is 18.9 Å². The summed E-state index contributed by atoms with van der Waals surface area (Å²) >= 11 is 0. The third-order valence-electron chi connectivity index (χ3n) is 4.34. The van der Waals surface area contributed by atoms with Gasteiger partial charge < -0.3 is 10.4 Å². The second kappa shape index (κ2) is 7.05. The van der Waals surface area contributed by atoms with Crippen molar-refractivity contribution in [3.63, 3.8) is 0 Å². The predicted octanol–water partition coefficient (Wildman–Crippen LogP) is 4.21. The highest BCUT2D eigenvalue weighted by Gasteiger charge is 2.40. The van der Waals surface area contributed by atoms with E-state index >= 15 is 0 Å². The Kier molecular flexibility index (Phi) is 5.35. The Labute approximate surface area is 154 Å². The summed E-state index contributed by atoms with van der Waals surface area (Å²) < 4.78 is 40.3. The first kappa shape index (κ1) is 20.5. The van der Waals surface area contributed by atoms with Crippen molar-refractivity contribution >= 4 is 17.6 Å². The van der Waals surface area contributed by atoms with Crippen molar-refractivity contribution in [2.45, 2.75) is 33.9 Å². The first-order chi connectivity index (χ1) is 12.3. The normalized spacial score (nSPS) is 13.3. The second-order valence-electron chi connectivity index (χ2n) is 7.25. The predicted molar refractivity (Wildman–Crippen MR) is 92.8 cm³/mol. The van der Waals surface area contributed by atoms with Gasteiger partial charge in [-0.2, -0.15) is 18.3 Å². The lowest BCUT2D eigenvalue weighted by atomic mass is 9.81. The molecule has 1 aromatic heterocycles. The van der Waals surface area contributed by atoms with E-state index < -0.39 is 23.4 Å². The zero-order chi connectivity index (χ0) is 20.6. The molecule has 9 heteroatoms. The fraction of sp³-hybridized carbons (Fsp3) is 0.389.